The van der Waals surface area contributed by atoms with Crippen molar-refractivity contribution in [3.8, 4) is 0 Å². The van der Waals surface area contributed by atoms with Gasteiger partial charge in [0, 0.05) is 10.6 Å². The molecule has 0 aromatic heterocycles. The maximum Gasteiger partial charge on any atom is 0.235 e. The van der Waals surface area contributed by atoms with E-state index in [0.29, 0.717) is 22.7 Å². The average molecular weight is 224 g/mol. The molecule has 2 rings (SSSR count). The van der Waals surface area contributed by atoms with Crippen LogP contribution in [-0.2, 0) is 4.79 Å². The van der Waals surface area contributed by atoms with Gasteiger partial charge in [0.1, 0.15) is 5.92 Å². The van der Waals surface area contributed by atoms with Crippen LogP contribution in [0.5, 0.6) is 0 Å². The fourth-order valence-electron chi connectivity index (χ4n) is 1.73. The van der Waals surface area contributed by atoms with Gasteiger partial charge in [-0.3, -0.25) is 9.59 Å². The Balaban J connectivity index is 2.51. The van der Waals surface area contributed by atoms with Crippen molar-refractivity contribution in [1.82, 2.24) is 0 Å². The monoisotopic (exact) mass is 223 g/mol. The second-order valence-corrected chi connectivity index (χ2v) is 3.94. The standard InChI is InChI=1S/C11H10ClNO2/c1-2-7-10(14)8-5-6(12)3-4-9(8)13-11(7)15/h3-5,7H,2H2,1H3,(H,13,15). The van der Waals surface area contributed by atoms with Gasteiger partial charge in [-0.05, 0) is 24.6 Å². The molecular weight excluding hydrogens is 214 g/mol. The predicted molar refractivity (Wildman–Crippen MR) is 58.2 cm³/mol. The summed E-state index contributed by atoms with van der Waals surface area (Å²) >= 11 is 5.80. The Kier molecular flexibility index (Phi) is 2.49. The molecule has 1 N–H and O–H groups in total. The van der Waals surface area contributed by atoms with Crippen LogP contribution in [0.25, 0.3) is 0 Å². The van der Waals surface area contributed by atoms with E-state index in [2.05, 4.69) is 5.32 Å². The van der Waals surface area contributed by atoms with Crippen LogP contribution >= 0.6 is 11.6 Å². The number of carbonyl (C=O) groups excluding carboxylic acids is 2. The number of halogens is 1. The lowest BCUT2D eigenvalue weighted by Crippen LogP contribution is -2.34. The predicted octanol–water partition coefficient (Wildman–Crippen LogP) is 2.50. The van der Waals surface area contributed by atoms with Gasteiger partial charge < -0.3 is 5.32 Å². The molecule has 1 heterocycles. The minimum Gasteiger partial charge on any atom is -0.325 e. The lowest BCUT2D eigenvalue weighted by atomic mass is 9.90. The molecule has 0 saturated heterocycles. The number of ketones is 1. The van der Waals surface area contributed by atoms with E-state index in [1.165, 1.54) is 0 Å². The number of Topliss-reactive ketones (excluding diaryl/α,β-unsaturated/α-hetero) is 1. The van der Waals surface area contributed by atoms with Crippen LogP contribution in [0, 0.1) is 5.92 Å². The Hall–Kier alpha value is -1.35. The molecule has 4 heteroatoms. The third kappa shape index (κ3) is 1.63. The summed E-state index contributed by atoms with van der Waals surface area (Å²) in [5.74, 6) is -0.938. The third-order valence-electron chi connectivity index (χ3n) is 2.55. The maximum atomic E-state index is 11.9. The van der Waals surface area contributed by atoms with E-state index in [1.807, 2.05) is 6.92 Å². The van der Waals surface area contributed by atoms with Crippen LogP contribution in [0.15, 0.2) is 18.2 Å². The zero-order chi connectivity index (χ0) is 11.0. The highest BCUT2D eigenvalue weighted by molar-refractivity contribution is 6.32. The number of carbonyl (C=O) groups is 2. The summed E-state index contributed by atoms with van der Waals surface area (Å²) in [6, 6.07) is 4.90. The van der Waals surface area contributed by atoms with Gasteiger partial charge in [0.2, 0.25) is 5.91 Å². The summed E-state index contributed by atoms with van der Waals surface area (Å²) in [5.41, 5.74) is 1.06. The smallest absolute Gasteiger partial charge is 0.235 e. The Labute approximate surface area is 92.4 Å². The first-order valence-corrected chi connectivity index (χ1v) is 5.16. The van der Waals surface area contributed by atoms with Gasteiger partial charge in [-0.25, -0.2) is 0 Å². The van der Waals surface area contributed by atoms with Crippen molar-refractivity contribution < 1.29 is 9.59 Å². The largest absolute Gasteiger partial charge is 0.325 e. The Morgan fingerprint density at radius 1 is 1.40 bits per heavy atom. The summed E-state index contributed by atoms with van der Waals surface area (Å²) in [6.45, 7) is 1.82. The van der Waals surface area contributed by atoms with Crippen LogP contribution < -0.4 is 5.32 Å². The first-order valence-electron chi connectivity index (χ1n) is 4.78. The van der Waals surface area contributed by atoms with Crippen molar-refractivity contribution in [2.24, 2.45) is 5.92 Å². The van der Waals surface area contributed by atoms with E-state index in [1.54, 1.807) is 18.2 Å². The molecule has 1 amide bonds. The Morgan fingerprint density at radius 3 is 2.80 bits per heavy atom. The Morgan fingerprint density at radius 2 is 2.13 bits per heavy atom. The van der Waals surface area contributed by atoms with Crippen molar-refractivity contribution in [3.63, 3.8) is 0 Å². The molecule has 3 nitrogen and oxygen atoms in total. The second-order valence-electron chi connectivity index (χ2n) is 3.50. The van der Waals surface area contributed by atoms with Crippen molar-refractivity contribution in [2.45, 2.75) is 13.3 Å². The first-order chi connectivity index (χ1) is 7.13. The fraction of sp³-hybridized carbons (Fsp3) is 0.273. The highest BCUT2D eigenvalue weighted by Gasteiger charge is 2.32. The molecular formula is C11H10ClNO2. The van der Waals surface area contributed by atoms with Crippen LogP contribution in [0.1, 0.15) is 23.7 Å². The molecule has 15 heavy (non-hydrogen) atoms. The third-order valence-corrected chi connectivity index (χ3v) is 2.78. The SMILES string of the molecule is CCC1C(=O)Nc2ccc(Cl)cc2C1=O. The zero-order valence-electron chi connectivity index (χ0n) is 8.21. The highest BCUT2D eigenvalue weighted by atomic mass is 35.5. The number of hydrogen-bond donors (Lipinski definition) is 1. The van der Waals surface area contributed by atoms with Gasteiger partial charge in [-0.1, -0.05) is 18.5 Å². The van der Waals surface area contributed by atoms with E-state index < -0.39 is 5.92 Å². The van der Waals surface area contributed by atoms with Gasteiger partial charge in [-0.2, -0.15) is 0 Å². The minimum absolute atomic E-state index is 0.140. The van der Waals surface area contributed by atoms with E-state index >= 15 is 0 Å². The van der Waals surface area contributed by atoms with Gasteiger partial charge in [0.25, 0.3) is 0 Å². The average Bonchev–Trinajstić information content (AvgIpc) is 2.20. The number of hydrogen-bond acceptors (Lipinski definition) is 2. The molecule has 1 unspecified atom stereocenters. The zero-order valence-corrected chi connectivity index (χ0v) is 8.97. The summed E-state index contributed by atoms with van der Waals surface area (Å²) in [6.07, 6.45) is 0.511. The molecule has 1 aromatic carbocycles. The number of nitrogens with one attached hydrogen (secondary N) is 1. The number of benzene rings is 1. The molecule has 1 aliphatic heterocycles. The van der Waals surface area contributed by atoms with E-state index in [-0.39, 0.29) is 11.7 Å². The molecule has 1 atom stereocenters. The lowest BCUT2D eigenvalue weighted by Gasteiger charge is -2.22. The number of fused-ring (bicyclic) bond motifs is 1. The van der Waals surface area contributed by atoms with Crippen molar-refractivity contribution in [2.75, 3.05) is 5.32 Å². The number of anilines is 1. The van der Waals surface area contributed by atoms with Crippen molar-refractivity contribution in [3.05, 3.63) is 28.8 Å². The maximum absolute atomic E-state index is 11.9. The Bertz CT molecular complexity index is 442. The summed E-state index contributed by atoms with van der Waals surface area (Å²) in [5, 5.41) is 3.21. The van der Waals surface area contributed by atoms with Crippen LogP contribution in [-0.4, -0.2) is 11.7 Å². The van der Waals surface area contributed by atoms with Crippen LogP contribution in [0.2, 0.25) is 5.02 Å². The molecule has 0 bridgehead atoms. The number of rotatable bonds is 1. The topological polar surface area (TPSA) is 46.2 Å². The second kappa shape index (κ2) is 3.66. The summed E-state index contributed by atoms with van der Waals surface area (Å²) < 4.78 is 0. The molecule has 1 aromatic rings. The van der Waals surface area contributed by atoms with Gasteiger partial charge in [-0.15, -0.1) is 0 Å². The van der Waals surface area contributed by atoms with Crippen molar-refractivity contribution >= 4 is 29.0 Å². The lowest BCUT2D eigenvalue weighted by molar-refractivity contribution is -0.118. The fourth-order valence-corrected chi connectivity index (χ4v) is 1.90. The van der Waals surface area contributed by atoms with Crippen molar-refractivity contribution in [1.29, 1.82) is 0 Å². The first kappa shape index (κ1) is 10.2. The molecule has 1 aliphatic rings. The highest BCUT2D eigenvalue weighted by Crippen LogP contribution is 2.29. The molecule has 78 valence electrons. The summed E-state index contributed by atoms with van der Waals surface area (Å²) in [7, 11) is 0. The van der Waals surface area contributed by atoms with Crippen LogP contribution in [0.4, 0.5) is 5.69 Å². The molecule has 0 fully saturated rings. The van der Waals surface area contributed by atoms with Gasteiger partial charge in [0.15, 0.2) is 5.78 Å². The minimum atomic E-state index is -0.573. The van der Waals surface area contributed by atoms with E-state index in [4.69, 9.17) is 11.6 Å². The summed E-state index contributed by atoms with van der Waals surface area (Å²) in [4.78, 5) is 23.4. The van der Waals surface area contributed by atoms with Gasteiger partial charge >= 0.3 is 0 Å². The molecule has 0 saturated carbocycles. The number of amides is 1. The van der Waals surface area contributed by atoms with E-state index in [9.17, 15) is 9.59 Å². The molecule has 0 aliphatic carbocycles. The quantitative estimate of drug-likeness (QED) is 0.744. The van der Waals surface area contributed by atoms with Crippen LogP contribution in [0.3, 0.4) is 0 Å². The molecule has 0 radical (unpaired) electrons. The molecule has 0 spiro atoms. The van der Waals surface area contributed by atoms with E-state index in [0.717, 1.165) is 0 Å². The normalized spacial score (nSPS) is 19.7. The van der Waals surface area contributed by atoms with Gasteiger partial charge in [0.05, 0.1) is 5.69 Å².